The van der Waals surface area contributed by atoms with E-state index in [4.69, 9.17) is 0 Å². The van der Waals surface area contributed by atoms with Crippen LogP contribution in [0.5, 0.6) is 0 Å². The molecule has 2 aromatic heterocycles. The molecule has 0 fully saturated rings. The second-order valence-corrected chi connectivity index (χ2v) is 5.34. The zero-order valence-corrected chi connectivity index (χ0v) is 11.9. The van der Waals surface area contributed by atoms with Crippen molar-refractivity contribution in [2.24, 2.45) is 7.05 Å². The highest BCUT2D eigenvalue weighted by atomic mass is 32.2. The Balaban J connectivity index is 2.26. The van der Waals surface area contributed by atoms with Crippen LogP contribution in [-0.4, -0.2) is 25.8 Å². The molecule has 5 nitrogen and oxygen atoms in total. The van der Waals surface area contributed by atoms with Crippen LogP contribution in [-0.2, 0) is 12.8 Å². The average molecular weight is 277 g/mol. The van der Waals surface area contributed by atoms with Gasteiger partial charge in [-0.15, -0.1) is 11.8 Å². The van der Waals surface area contributed by atoms with E-state index in [2.05, 4.69) is 10.1 Å². The molecule has 100 valence electrons. The van der Waals surface area contributed by atoms with Crippen LogP contribution in [0.15, 0.2) is 23.5 Å². The van der Waals surface area contributed by atoms with Crippen LogP contribution in [0.25, 0.3) is 0 Å². The molecule has 0 bridgehead atoms. The SMILES string of the molecule is Cc1cc(C)c(C(=O)O)c(SCc2cnn(C)c2)n1. The number of thioether (sulfide) groups is 1. The van der Waals surface area contributed by atoms with Crippen LogP contribution in [0.1, 0.15) is 27.2 Å². The van der Waals surface area contributed by atoms with Gasteiger partial charge in [0.25, 0.3) is 0 Å². The molecular formula is C13H15N3O2S. The summed E-state index contributed by atoms with van der Waals surface area (Å²) in [6, 6.07) is 1.79. The molecule has 2 aromatic rings. The smallest absolute Gasteiger partial charge is 0.338 e. The normalized spacial score (nSPS) is 10.7. The van der Waals surface area contributed by atoms with Crippen LogP contribution in [0, 0.1) is 13.8 Å². The first-order chi connectivity index (χ1) is 8.97. The van der Waals surface area contributed by atoms with Crippen molar-refractivity contribution < 1.29 is 9.90 Å². The topological polar surface area (TPSA) is 68.0 Å². The third kappa shape index (κ3) is 3.14. The molecule has 0 atom stereocenters. The molecule has 2 heterocycles. The van der Waals surface area contributed by atoms with Crippen LogP contribution < -0.4 is 0 Å². The molecule has 6 heteroatoms. The van der Waals surface area contributed by atoms with Crippen LogP contribution in [0.2, 0.25) is 0 Å². The van der Waals surface area contributed by atoms with Crippen LogP contribution in [0.4, 0.5) is 0 Å². The number of hydrogen-bond donors (Lipinski definition) is 1. The fraction of sp³-hybridized carbons (Fsp3) is 0.308. The van der Waals surface area contributed by atoms with Crippen molar-refractivity contribution in [3.63, 3.8) is 0 Å². The minimum atomic E-state index is -0.932. The molecule has 0 aliphatic carbocycles. The van der Waals surface area contributed by atoms with Crippen molar-refractivity contribution in [1.29, 1.82) is 0 Å². The summed E-state index contributed by atoms with van der Waals surface area (Å²) in [5.41, 5.74) is 2.91. The van der Waals surface area contributed by atoms with E-state index in [0.717, 1.165) is 16.8 Å². The maximum Gasteiger partial charge on any atom is 0.338 e. The largest absolute Gasteiger partial charge is 0.478 e. The molecule has 19 heavy (non-hydrogen) atoms. The highest BCUT2D eigenvalue weighted by Gasteiger charge is 2.16. The summed E-state index contributed by atoms with van der Waals surface area (Å²) in [6.45, 7) is 3.67. The third-order valence-corrected chi connectivity index (χ3v) is 3.71. The van der Waals surface area contributed by atoms with Crippen molar-refractivity contribution in [2.75, 3.05) is 0 Å². The Morgan fingerprint density at radius 1 is 1.47 bits per heavy atom. The van der Waals surface area contributed by atoms with Crippen molar-refractivity contribution in [3.05, 3.63) is 40.8 Å². The van der Waals surface area contributed by atoms with Crippen LogP contribution >= 0.6 is 11.8 Å². The van der Waals surface area contributed by atoms with Crippen molar-refractivity contribution in [2.45, 2.75) is 24.6 Å². The second-order valence-electron chi connectivity index (χ2n) is 4.38. The van der Waals surface area contributed by atoms with Gasteiger partial charge in [-0.25, -0.2) is 9.78 Å². The standard InChI is InChI=1S/C13H15N3O2S/c1-8-4-9(2)15-12(11(8)13(17)18)19-7-10-5-14-16(3)6-10/h4-6H,7H2,1-3H3,(H,17,18). The summed E-state index contributed by atoms with van der Waals surface area (Å²) in [7, 11) is 1.85. The Morgan fingerprint density at radius 3 is 2.79 bits per heavy atom. The summed E-state index contributed by atoms with van der Waals surface area (Å²) in [6.07, 6.45) is 3.69. The highest BCUT2D eigenvalue weighted by molar-refractivity contribution is 7.98. The van der Waals surface area contributed by atoms with Gasteiger partial charge in [0, 0.05) is 30.3 Å². The monoisotopic (exact) mass is 277 g/mol. The molecule has 0 spiro atoms. The fourth-order valence-electron chi connectivity index (χ4n) is 1.87. The number of aryl methyl sites for hydroxylation is 3. The summed E-state index contributed by atoms with van der Waals surface area (Å²) < 4.78 is 1.73. The van der Waals surface area contributed by atoms with Crippen molar-refractivity contribution in [1.82, 2.24) is 14.8 Å². The van der Waals surface area contributed by atoms with E-state index in [1.165, 1.54) is 11.8 Å². The number of carboxylic acids is 1. The number of aromatic nitrogens is 3. The van der Waals surface area contributed by atoms with E-state index in [1.807, 2.05) is 20.2 Å². The lowest BCUT2D eigenvalue weighted by molar-refractivity contribution is 0.0691. The van der Waals surface area contributed by atoms with Crippen molar-refractivity contribution >= 4 is 17.7 Å². The summed E-state index contributed by atoms with van der Waals surface area (Å²) in [4.78, 5) is 15.6. The van der Waals surface area contributed by atoms with E-state index >= 15 is 0 Å². The van der Waals surface area contributed by atoms with Gasteiger partial charge in [0.2, 0.25) is 0 Å². The first kappa shape index (κ1) is 13.6. The molecule has 0 saturated carbocycles. The molecule has 0 aliphatic rings. The van der Waals surface area contributed by atoms with Gasteiger partial charge in [0.15, 0.2) is 0 Å². The summed E-state index contributed by atoms with van der Waals surface area (Å²) in [5, 5.41) is 13.9. The fourth-order valence-corrected chi connectivity index (χ4v) is 2.92. The molecule has 1 N–H and O–H groups in total. The van der Waals surface area contributed by atoms with E-state index < -0.39 is 5.97 Å². The van der Waals surface area contributed by atoms with Gasteiger partial charge in [-0.05, 0) is 25.5 Å². The third-order valence-electron chi connectivity index (χ3n) is 2.66. The van der Waals surface area contributed by atoms with Gasteiger partial charge in [0.05, 0.1) is 11.8 Å². The lowest BCUT2D eigenvalue weighted by Gasteiger charge is -2.08. The Morgan fingerprint density at radius 2 is 2.21 bits per heavy atom. The minimum Gasteiger partial charge on any atom is -0.478 e. The Bertz CT molecular complexity index is 622. The molecule has 0 amide bonds. The summed E-state index contributed by atoms with van der Waals surface area (Å²) in [5.74, 6) is -0.275. The van der Waals surface area contributed by atoms with Crippen LogP contribution in [0.3, 0.4) is 0 Å². The predicted molar refractivity (Wildman–Crippen MR) is 73.4 cm³/mol. The van der Waals surface area contributed by atoms with E-state index in [-0.39, 0.29) is 0 Å². The first-order valence-electron chi connectivity index (χ1n) is 5.79. The first-order valence-corrected chi connectivity index (χ1v) is 6.78. The molecule has 0 saturated heterocycles. The molecule has 0 unspecified atom stereocenters. The number of rotatable bonds is 4. The number of pyridine rings is 1. The second kappa shape index (κ2) is 5.44. The minimum absolute atomic E-state index is 0.291. The lowest BCUT2D eigenvalue weighted by atomic mass is 10.1. The molecule has 0 radical (unpaired) electrons. The number of carbonyl (C=O) groups is 1. The average Bonchev–Trinajstić information content (AvgIpc) is 2.71. The van der Waals surface area contributed by atoms with Gasteiger partial charge in [0.1, 0.15) is 5.03 Å². The number of carboxylic acid groups (broad SMARTS) is 1. The quantitative estimate of drug-likeness (QED) is 0.869. The number of nitrogens with zero attached hydrogens (tertiary/aromatic N) is 3. The molecular weight excluding hydrogens is 262 g/mol. The highest BCUT2D eigenvalue weighted by Crippen LogP contribution is 2.27. The van der Waals surface area contributed by atoms with Gasteiger partial charge < -0.3 is 5.11 Å². The molecule has 0 aliphatic heterocycles. The predicted octanol–water partition coefficient (Wildman–Crippen LogP) is 2.42. The van der Waals surface area contributed by atoms with E-state index in [1.54, 1.807) is 23.9 Å². The van der Waals surface area contributed by atoms with Gasteiger partial charge >= 0.3 is 5.97 Å². The van der Waals surface area contributed by atoms with E-state index in [9.17, 15) is 9.90 Å². The maximum atomic E-state index is 11.3. The Labute approximate surface area is 115 Å². The molecule has 2 rings (SSSR count). The lowest BCUT2D eigenvalue weighted by Crippen LogP contribution is -2.05. The van der Waals surface area contributed by atoms with Crippen molar-refractivity contribution in [3.8, 4) is 0 Å². The van der Waals surface area contributed by atoms with Gasteiger partial charge in [-0.1, -0.05) is 0 Å². The van der Waals surface area contributed by atoms with Gasteiger partial charge in [-0.3, -0.25) is 4.68 Å². The Kier molecular flexibility index (Phi) is 3.90. The maximum absolute atomic E-state index is 11.3. The zero-order chi connectivity index (χ0) is 14.0. The number of aromatic carboxylic acids is 1. The Hall–Kier alpha value is -1.82. The van der Waals surface area contributed by atoms with E-state index in [0.29, 0.717) is 16.3 Å². The molecule has 0 aromatic carbocycles. The number of hydrogen-bond acceptors (Lipinski definition) is 4. The van der Waals surface area contributed by atoms with Gasteiger partial charge in [-0.2, -0.15) is 5.10 Å². The summed E-state index contributed by atoms with van der Waals surface area (Å²) >= 11 is 1.42. The zero-order valence-electron chi connectivity index (χ0n) is 11.0.